The number of hydrogen-bond acceptors (Lipinski definition) is 7. The van der Waals surface area contributed by atoms with Crippen LogP contribution in [0.25, 0.3) is 0 Å². The lowest BCUT2D eigenvalue weighted by Crippen LogP contribution is -2.59. The normalized spacial score (nSPS) is 15.8. The highest BCUT2D eigenvalue weighted by Gasteiger charge is 2.32. The first kappa shape index (κ1) is 28.3. The number of hydrogen-bond donors (Lipinski definition) is 7. The molecule has 0 fully saturated rings. The van der Waals surface area contributed by atoms with Crippen molar-refractivity contribution in [3.8, 4) is 0 Å². The lowest BCUT2D eigenvalue weighted by molar-refractivity contribution is -0.143. The number of aliphatic hydroxyl groups is 1. The van der Waals surface area contributed by atoms with E-state index in [0.29, 0.717) is 6.42 Å². The minimum absolute atomic E-state index is 0.171. The number of carboxylic acid groups (broad SMARTS) is 2. The van der Waals surface area contributed by atoms with Gasteiger partial charge in [0.05, 0.1) is 12.6 Å². The molecule has 0 aromatic carbocycles. The Morgan fingerprint density at radius 1 is 0.871 bits per heavy atom. The SMILES string of the molecule is CCC(C)C(NC(=O)C(N)C(C)C)C(=O)NC(CO)C(=O)NC(CCC(=O)O)C(=O)O. The Morgan fingerprint density at radius 3 is 1.84 bits per heavy atom. The number of carbonyl (C=O) groups excluding carboxylic acids is 3. The first-order chi connectivity index (χ1) is 14.3. The van der Waals surface area contributed by atoms with Gasteiger partial charge in [-0.3, -0.25) is 19.2 Å². The van der Waals surface area contributed by atoms with Gasteiger partial charge in [-0.1, -0.05) is 34.1 Å². The van der Waals surface area contributed by atoms with Crippen LogP contribution in [0.5, 0.6) is 0 Å². The molecule has 12 heteroatoms. The van der Waals surface area contributed by atoms with E-state index in [9.17, 15) is 29.1 Å². The Morgan fingerprint density at radius 2 is 1.42 bits per heavy atom. The fourth-order valence-electron chi connectivity index (χ4n) is 2.51. The van der Waals surface area contributed by atoms with Crippen LogP contribution in [0.4, 0.5) is 0 Å². The summed E-state index contributed by atoms with van der Waals surface area (Å²) < 4.78 is 0. The number of nitrogens with two attached hydrogens (primary N) is 1. The van der Waals surface area contributed by atoms with E-state index in [1.165, 1.54) is 0 Å². The number of aliphatic carboxylic acids is 2. The first-order valence-electron chi connectivity index (χ1n) is 10.1. The van der Waals surface area contributed by atoms with Crippen LogP contribution in [0.1, 0.15) is 47.0 Å². The molecule has 0 aliphatic carbocycles. The summed E-state index contributed by atoms with van der Waals surface area (Å²) >= 11 is 0. The third-order valence-electron chi connectivity index (χ3n) is 4.89. The molecule has 178 valence electrons. The van der Waals surface area contributed by atoms with Gasteiger partial charge in [0.15, 0.2) is 0 Å². The van der Waals surface area contributed by atoms with E-state index in [-0.39, 0.29) is 18.3 Å². The summed E-state index contributed by atoms with van der Waals surface area (Å²) in [5.74, 6) is -5.47. The molecule has 0 aromatic heterocycles. The van der Waals surface area contributed by atoms with Crippen LogP contribution in [0.3, 0.4) is 0 Å². The van der Waals surface area contributed by atoms with E-state index >= 15 is 0 Å². The van der Waals surface area contributed by atoms with Gasteiger partial charge < -0.3 is 37.0 Å². The second kappa shape index (κ2) is 13.5. The summed E-state index contributed by atoms with van der Waals surface area (Å²) in [5, 5.41) is 34.3. The second-order valence-electron chi connectivity index (χ2n) is 7.72. The van der Waals surface area contributed by atoms with E-state index in [4.69, 9.17) is 15.9 Å². The third kappa shape index (κ3) is 9.75. The lowest BCUT2D eigenvalue weighted by atomic mass is 9.96. The molecule has 0 rings (SSSR count). The molecule has 0 saturated heterocycles. The maximum atomic E-state index is 12.7. The molecule has 0 aliphatic heterocycles. The fraction of sp³-hybridized carbons (Fsp3) is 0.737. The number of carbonyl (C=O) groups is 5. The van der Waals surface area contributed by atoms with E-state index < -0.39 is 66.9 Å². The molecule has 12 nitrogen and oxygen atoms in total. The van der Waals surface area contributed by atoms with Gasteiger partial charge in [0, 0.05) is 6.42 Å². The quantitative estimate of drug-likeness (QED) is 0.164. The zero-order chi connectivity index (χ0) is 24.3. The van der Waals surface area contributed by atoms with Crippen molar-refractivity contribution in [2.75, 3.05) is 6.61 Å². The van der Waals surface area contributed by atoms with Gasteiger partial charge in [0.25, 0.3) is 0 Å². The van der Waals surface area contributed by atoms with Crippen molar-refractivity contribution in [3.05, 3.63) is 0 Å². The van der Waals surface area contributed by atoms with Crippen molar-refractivity contribution >= 4 is 29.7 Å². The lowest BCUT2D eigenvalue weighted by Gasteiger charge is -2.28. The Hall–Kier alpha value is -2.73. The number of rotatable bonds is 14. The zero-order valence-corrected chi connectivity index (χ0v) is 18.3. The molecule has 8 N–H and O–H groups in total. The summed E-state index contributed by atoms with van der Waals surface area (Å²) in [6, 6.07) is -4.89. The molecule has 0 heterocycles. The molecule has 0 saturated carbocycles. The van der Waals surface area contributed by atoms with E-state index in [0.717, 1.165) is 0 Å². The molecule has 5 unspecified atom stereocenters. The van der Waals surface area contributed by atoms with Crippen molar-refractivity contribution in [1.82, 2.24) is 16.0 Å². The monoisotopic (exact) mass is 446 g/mol. The van der Waals surface area contributed by atoms with Gasteiger partial charge in [-0.25, -0.2) is 4.79 Å². The van der Waals surface area contributed by atoms with Crippen LogP contribution in [0, 0.1) is 11.8 Å². The van der Waals surface area contributed by atoms with E-state index in [2.05, 4.69) is 16.0 Å². The molecule has 31 heavy (non-hydrogen) atoms. The Labute approximate surface area is 180 Å². The van der Waals surface area contributed by atoms with Crippen LogP contribution in [-0.4, -0.2) is 75.8 Å². The van der Waals surface area contributed by atoms with Gasteiger partial charge in [0.2, 0.25) is 17.7 Å². The summed E-state index contributed by atoms with van der Waals surface area (Å²) in [5.41, 5.74) is 5.81. The van der Waals surface area contributed by atoms with E-state index in [1.807, 2.05) is 0 Å². The summed E-state index contributed by atoms with van der Waals surface area (Å²) in [6.07, 6.45) is -0.353. The summed E-state index contributed by atoms with van der Waals surface area (Å²) in [6.45, 7) is 6.17. The van der Waals surface area contributed by atoms with Crippen LogP contribution in [-0.2, 0) is 24.0 Å². The predicted molar refractivity (Wildman–Crippen MR) is 110 cm³/mol. The highest BCUT2D eigenvalue weighted by molar-refractivity contribution is 5.94. The molecule has 0 aliphatic rings. The number of carboxylic acids is 2. The molecular formula is C19H34N4O8. The first-order valence-corrected chi connectivity index (χ1v) is 10.1. The molecule has 0 radical (unpaired) electrons. The van der Waals surface area contributed by atoms with Crippen molar-refractivity contribution in [2.45, 2.75) is 71.1 Å². The zero-order valence-electron chi connectivity index (χ0n) is 18.3. The molecule has 0 bridgehead atoms. The minimum atomic E-state index is -1.51. The summed E-state index contributed by atoms with van der Waals surface area (Å²) in [4.78, 5) is 59.3. The maximum Gasteiger partial charge on any atom is 0.326 e. The van der Waals surface area contributed by atoms with Crippen LogP contribution < -0.4 is 21.7 Å². The minimum Gasteiger partial charge on any atom is -0.481 e. The standard InChI is InChI=1S/C19H34N4O8/c1-5-10(4)15(23-17(28)14(20)9(2)3)18(29)22-12(8-24)16(27)21-11(19(30)31)6-7-13(25)26/h9-12,14-15,24H,5-8,20H2,1-4H3,(H,21,27)(H,22,29)(H,23,28)(H,25,26)(H,30,31). The van der Waals surface area contributed by atoms with Gasteiger partial charge in [-0.2, -0.15) is 0 Å². The van der Waals surface area contributed by atoms with Crippen LogP contribution in [0.2, 0.25) is 0 Å². The highest BCUT2D eigenvalue weighted by Crippen LogP contribution is 2.10. The Kier molecular flexibility index (Phi) is 12.4. The second-order valence-corrected chi connectivity index (χ2v) is 7.72. The van der Waals surface area contributed by atoms with Gasteiger partial charge in [-0.15, -0.1) is 0 Å². The Balaban J connectivity index is 5.29. The van der Waals surface area contributed by atoms with Crippen LogP contribution >= 0.6 is 0 Å². The molecular weight excluding hydrogens is 412 g/mol. The maximum absolute atomic E-state index is 12.7. The van der Waals surface area contributed by atoms with Crippen molar-refractivity contribution in [2.24, 2.45) is 17.6 Å². The average Bonchev–Trinajstić information content (AvgIpc) is 2.70. The van der Waals surface area contributed by atoms with E-state index in [1.54, 1.807) is 27.7 Å². The molecule has 3 amide bonds. The summed E-state index contributed by atoms with van der Waals surface area (Å²) in [7, 11) is 0. The number of nitrogens with one attached hydrogen (secondary N) is 3. The van der Waals surface area contributed by atoms with Crippen molar-refractivity contribution in [1.29, 1.82) is 0 Å². The third-order valence-corrected chi connectivity index (χ3v) is 4.89. The van der Waals surface area contributed by atoms with Gasteiger partial charge in [0.1, 0.15) is 18.1 Å². The topological polar surface area (TPSA) is 208 Å². The predicted octanol–water partition coefficient (Wildman–Crippen LogP) is -1.59. The smallest absolute Gasteiger partial charge is 0.326 e. The number of amides is 3. The molecule has 5 atom stereocenters. The highest BCUT2D eigenvalue weighted by atomic mass is 16.4. The van der Waals surface area contributed by atoms with Gasteiger partial charge >= 0.3 is 11.9 Å². The largest absolute Gasteiger partial charge is 0.481 e. The Bertz CT molecular complexity index is 655. The average molecular weight is 447 g/mol. The van der Waals surface area contributed by atoms with Gasteiger partial charge in [-0.05, 0) is 18.3 Å². The molecule has 0 aromatic rings. The van der Waals surface area contributed by atoms with Crippen molar-refractivity contribution < 1.29 is 39.3 Å². The van der Waals surface area contributed by atoms with Crippen molar-refractivity contribution in [3.63, 3.8) is 0 Å². The molecule has 0 spiro atoms. The van der Waals surface area contributed by atoms with Crippen LogP contribution in [0.15, 0.2) is 0 Å². The number of aliphatic hydroxyl groups excluding tert-OH is 1. The fourth-order valence-corrected chi connectivity index (χ4v) is 2.51.